The number of halogens is 2. The number of rotatable bonds is 3. The number of nitrogens with zero attached hydrogens (tertiary/aromatic N) is 1. The molecule has 0 aliphatic carbocycles. The Morgan fingerprint density at radius 1 is 1.38 bits per heavy atom. The number of aromatic nitrogens is 1. The van der Waals surface area contributed by atoms with Crippen molar-refractivity contribution in [3.8, 4) is 11.3 Å². The summed E-state index contributed by atoms with van der Waals surface area (Å²) in [4.78, 5) is 0. The van der Waals surface area contributed by atoms with Gasteiger partial charge in [-0.3, -0.25) is 0 Å². The van der Waals surface area contributed by atoms with Crippen molar-refractivity contribution in [2.45, 2.75) is 6.42 Å². The highest BCUT2D eigenvalue weighted by Crippen LogP contribution is 2.24. The van der Waals surface area contributed by atoms with Crippen molar-refractivity contribution >= 4 is 11.6 Å². The van der Waals surface area contributed by atoms with Crippen LogP contribution in [-0.2, 0) is 6.42 Å². The largest absolute Gasteiger partial charge is 0.396 e. The van der Waals surface area contributed by atoms with E-state index in [9.17, 15) is 4.39 Å². The van der Waals surface area contributed by atoms with E-state index in [1.165, 1.54) is 12.1 Å². The third-order valence-electron chi connectivity index (χ3n) is 2.13. The van der Waals surface area contributed by atoms with Crippen LogP contribution >= 0.6 is 11.6 Å². The summed E-state index contributed by atoms with van der Waals surface area (Å²) in [6.07, 6.45) is 0.405. The van der Waals surface area contributed by atoms with Gasteiger partial charge in [0.25, 0.3) is 0 Å². The Hall–Kier alpha value is -1.39. The Morgan fingerprint density at radius 3 is 2.88 bits per heavy atom. The molecule has 16 heavy (non-hydrogen) atoms. The van der Waals surface area contributed by atoms with Crippen LogP contribution in [0.1, 0.15) is 5.76 Å². The van der Waals surface area contributed by atoms with Crippen LogP contribution in [0.25, 0.3) is 11.3 Å². The fraction of sp³-hybridized carbons (Fsp3) is 0.182. The van der Waals surface area contributed by atoms with Gasteiger partial charge in [-0.25, -0.2) is 4.39 Å². The molecule has 84 valence electrons. The van der Waals surface area contributed by atoms with Crippen LogP contribution in [0, 0.1) is 5.82 Å². The van der Waals surface area contributed by atoms with Crippen LogP contribution < -0.4 is 0 Å². The van der Waals surface area contributed by atoms with Crippen LogP contribution in [0.3, 0.4) is 0 Å². The molecule has 0 aliphatic heterocycles. The van der Waals surface area contributed by atoms with Gasteiger partial charge in [0.05, 0.1) is 11.6 Å². The number of hydrogen-bond donors (Lipinski definition) is 1. The lowest BCUT2D eigenvalue weighted by Crippen LogP contribution is -1.86. The lowest BCUT2D eigenvalue weighted by molar-refractivity contribution is 0.277. The number of hydrogen-bond acceptors (Lipinski definition) is 3. The van der Waals surface area contributed by atoms with Crippen molar-refractivity contribution in [2.24, 2.45) is 0 Å². The first-order valence-corrected chi connectivity index (χ1v) is 5.10. The second-order valence-electron chi connectivity index (χ2n) is 3.28. The minimum absolute atomic E-state index is 0.00118. The molecule has 1 heterocycles. The summed E-state index contributed by atoms with van der Waals surface area (Å²) < 4.78 is 17.9. The van der Waals surface area contributed by atoms with Crippen molar-refractivity contribution in [1.29, 1.82) is 0 Å². The zero-order chi connectivity index (χ0) is 11.5. The molecule has 0 bridgehead atoms. The van der Waals surface area contributed by atoms with E-state index in [0.29, 0.717) is 23.4 Å². The summed E-state index contributed by atoms with van der Waals surface area (Å²) >= 11 is 5.66. The summed E-state index contributed by atoms with van der Waals surface area (Å²) in [5, 5.41) is 12.6. The highest BCUT2D eigenvalue weighted by atomic mass is 35.5. The normalized spacial score (nSPS) is 10.7. The first kappa shape index (κ1) is 11.1. The smallest absolute Gasteiger partial charge is 0.141 e. The van der Waals surface area contributed by atoms with Gasteiger partial charge in [0.1, 0.15) is 17.3 Å². The molecule has 0 aliphatic rings. The van der Waals surface area contributed by atoms with Gasteiger partial charge >= 0.3 is 0 Å². The highest BCUT2D eigenvalue weighted by Gasteiger charge is 2.08. The van der Waals surface area contributed by atoms with E-state index < -0.39 is 5.82 Å². The van der Waals surface area contributed by atoms with Crippen LogP contribution in [-0.4, -0.2) is 16.9 Å². The third kappa shape index (κ3) is 2.23. The van der Waals surface area contributed by atoms with Gasteiger partial charge in [0, 0.05) is 18.1 Å². The van der Waals surface area contributed by atoms with E-state index in [4.69, 9.17) is 21.2 Å². The summed E-state index contributed by atoms with van der Waals surface area (Å²) in [5.74, 6) is 0.113. The van der Waals surface area contributed by atoms with E-state index in [2.05, 4.69) is 5.16 Å². The molecule has 0 saturated heterocycles. The third-order valence-corrected chi connectivity index (χ3v) is 2.42. The van der Waals surface area contributed by atoms with Gasteiger partial charge in [-0.05, 0) is 18.2 Å². The Labute approximate surface area is 96.4 Å². The zero-order valence-corrected chi connectivity index (χ0v) is 9.04. The lowest BCUT2D eigenvalue weighted by Gasteiger charge is -1.97. The van der Waals surface area contributed by atoms with Gasteiger partial charge in [-0.15, -0.1) is 0 Å². The van der Waals surface area contributed by atoms with Crippen LogP contribution in [0.2, 0.25) is 5.02 Å². The minimum atomic E-state index is -0.468. The number of aliphatic hydroxyl groups is 1. The van der Waals surface area contributed by atoms with Gasteiger partial charge in [-0.1, -0.05) is 16.8 Å². The van der Waals surface area contributed by atoms with Gasteiger partial charge in [-0.2, -0.15) is 0 Å². The summed E-state index contributed by atoms with van der Waals surface area (Å²) in [6, 6.07) is 6.02. The summed E-state index contributed by atoms with van der Waals surface area (Å²) in [5.41, 5.74) is 1.25. The monoisotopic (exact) mass is 241 g/mol. The van der Waals surface area contributed by atoms with E-state index in [0.717, 1.165) is 0 Å². The SMILES string of the molecule is OCCc1cc(-c2ccc(F)c(Cl)c2)no1. The van der Waals surface area contributed by atoms with Gasteiger partial charge in [0.15, 0.2) is 0 Å². The molecule has 0 spiro atoms. The average Bonchev–Trinajstić information content (AvgIpc) is 2.71. The Kier molecular flexibility index (Phi) is 3.22. The number of aliphatic hydroxyl groups excluding tert-OH is 1. The van der Waals surface area contributed by atoms with Crippen molar-refractivity contribution in [2.75, 3.05) is 6.61 Å². The maximum atomic E-state index is 12.9. The number of benzene rings is 1. The van der Waals surface area contributed by atoms with Gasteiger partial charge in [0.2, 0.25) is 0 Å². The molecule has 0 amide bonds. The molecule has 3 nitrogen and oxygen atoms in total. The topological polar surface area (TPSA) is 46.3 Å². The highest BCUT2D eigenvalue weighted by molar-refractivity contribution is 6.31. The lowest BCUT2D eigenvalue weighted by atomic mass is 10.1. The summed E-state index contributed by atoms with van der Waals surface area (Å²) in [7, 11) is 0. The molecule has 1 aromatic heterocycles. The van der Waals surface area contributed by atoms with Crippen LogP contribution in [0.15, 0.2) is 28.8 Å². The van der Waals surface area contributed by atoms with Gasteiger partial charge < -0.3 is 9.63 Å². The van der Waals surface area contributed by atoms with Crippen molar-refractivity contribution in [1.82, 2.24) is 5.16 Å². The van der Waals surface area contributed by atoms with Crippen LogP contribution in [0.5, 0.6) is 0 Å². The Balaban J connectivity index is 2.31. The molecule has 0 saturated carbocycles. The first-order valence-electron chi connectivity index (χ1n) is 4.72. The van der Waals surface area contributed by atoms with Crippen molar-refractivity contribution < 1.29 is 14.0 Å². The Morgan fingerprint density at radius 2 is 2.19 bits per heavy atom. The zero-order valence-electron chi connectivity index (χ0n) is 8.28. The maximum absolute atomic E-state index is 12.9. The fourth-order valence-electron chi connectivity index (χ4n) is 1.33. The standard InChI is InChI=1S/C11H9ClFNO2/c12-9-5-7(1-2-10(9)13)11-6-8(3-4-15)16-14-11/h1-2,5-6,15H,3-4H2. The van der Waals surface area contributed by atoms with Crippen LogP contribution in [0.4, 0.5) is 4.39 Å². The molecule has 1 N–H and O–H groups in total. The second kappa shape index (κ2) is 4.63. The maximum Gasteiger partial charge on any atom is 0.141 e. The van der Waals surface area contributed by atoms with E-state index in [-0.39, 0.29) is 11.6 Å². The molecule has 0 radical (unpaired) electrons. The molecule has 2 aromatic rings. The Bertz CT molecular complexity index is 498. The van der Waals surface area contributed by atoms with E-state index in [1.54, 1.807) is 12.1 Å². The predicted octanol–water partition coefficient (Wildman–Crippen LogP) is 2.67. The molecule has 0 atom stereocenters. The molecular weight excluding hydrogens is 233 g/mol. The summed E-state index contributed by atoms with van der Waals surface area (Å²) in [6.45, 7) is -0.00118. The molecule has 1 aromatic carbocycles. The van der Waals surface area contributed by atoms with E-state index >= 15 is 0 Å². The molecule has 5 heteroatoms. The molecule has 2 rings (SSSR count). The molecular formula is C11H9ClFNO2. The molecule has 0 unspecified atom stereocenters. The second-order valence-corrected chi connectivity index (χ2v) is 3.69. The first-order chi connectivity index (χ1) is 7.70. The van der Waals surface area contributed by atoms with E-state index in [1.807, 2.05) is 0 Å². The fourth-order valence-corrected chi connectivity index (χ4v) is 1.51. The molecule has 0 fully saturated rings. The van der Waals surface area contributed by atoms with Crippen molar-refractivity contribution in [3.05, 3.63) is 40.9 Å². The quantitative estimate of drug-likeness (QED) is 0.899. The van der Waals surface area contributed by atoms with Crippen molar-refractivity contribution in [3.63, 3.8) is 0 Å². The minimum Gasteiger partial charge on any atom is -0.396 e. The predicted molar refractivity (Wildman–Crippen MR) is 57.7 cm³/mol. The average molecular weight is 242 g/mol.